The van der Waals surface area contributed by atoms with E-state index in [1.165, 1.54) is 0 Å². The van der Waals surface area contributed by atoms with Crippen LogP contribution in [0.5, 0.6) is 0 Å². The minimum atomic E-state index is -0.345. The van der Waals surface area contributed by atoms with Crippen molar-refractivity contribution in [1.29, 1.82) is 0 Å². The van der Waals surface area contributed by atoms with E-state index >= 15 is 0 Å². The number of carbonyl (C=O) groups is 1. The average Bonchev–Trinajstić information content (AvgIpc) is 2.42. The summed E-state index contributed by atoms with van der Waals surface area (Å²) in [6.45, 7) is 8.58. The molecule has 1 aromatic carbocycles. The fourth-order valence-corrected chi connectivity index (χ4v) is 2.92. The summed E-state index contributed by atoms with van der Waals surface area (Å²) in [4.78, 5) is 16.4. The van der Waals surface area contributed by atoms with Gasteiger partial charge in [-0.05, 0) is 38.5 Å². The van der Waals surface area contributed by atoms with E-state index in [0.29, 0.717) is 23.8 Å². The number of urea groups is 1. The molecular weight excluding hydrogens is 302 g/mol. The zero-order valence-electron chi connectivity index (χ0n) is 13.3. The molecule has 22 heavy (non-hydrogen) atoms. The number of benzene rings is 1. The van der Waals surface area contributed by atoms with Gasteiger partial charge in [-0.1, -0.05) is 17.7 Å². The second kappa shape index (κ2) is 7.31. The van der Waals surface area contributed by atoms with E-state index < -0.39 is 0 Å². The second-order valence-corrected chi connectivity index (χ2v) is 6.45. The maximum atomic E-state index is 12.4. The minimum Gasteiger partial charge on any atom is -0.392 e. The lowest BCUT2D eigenvalue weighted by molar-refractivity contribution is 0.0692. The molecule has 6 heteroatoms. The van der Waals surface area contributed by atoms with Crippen LogP contribution in [0.2, 0.25) is 5.02 Å². The van der Waals surface area contributed by atoms with Crippen molar-refractivity contribution in [2.45, 2.75) is 32.9 Å². The molecule has 1 aliphatic heterocycles. The number of amides is 2. The number of rotatable bonds is 3. The summed E-state index contributed by atoms with van der Waals surface area (Å²) >= 11 is 6.08. The second-order valence-electron chi connectivity index (χ2n) is 6.05. The Labute approximate surface area is 136 Å². The quantitative estimate of drug-likeness (QED) is 0.898. The van der Waals surface area contributed by atoms with E-state index in [-0.39, 0.29) is 18.2 Å². The largest absolute Gasteiger partial charge is 0.392 e. The summed E-state index contributed by atoms with van der Waals surface area (Å²) in [6, 6.07) is 5.51. The van der Waals surface area contributed by atoms with Gasteiger partial charge in [0.25, 0.3) is 0 Å². The van der Waals surface area contributed by atoms with Crippen LogP contribution in [-0.2, 0) is 0 Å². The predicted octanol–water partition coefficient (Wildman–Crippen LogP) is 2.57. The lowest BCUT2D eigenvalue weighted by Crippen LogP contribution is -2.56. The van der Waals surface area contributed by atoms with E-state index in [0.717, 1.165) is 18.7 Å². The fraction of sp³-hybridized carbons (Fsp3) is 0.562. The van der Waals surface area contributed by atoms with Crippen LogP contribution in [-0.4, -0.2) is 59.3 Å². The fourth-order valence-electron chi connectivity index (χ4n) is 2.74. The van der Waals surface area contributed by atoms with E-state index in [4.69, 9.17) is 11.6 Å². The third kappa shape index (κ3) is 4.35. The Morgan fingerprint density at radius 3 is 2.82 bits per heavy atom. The van der Waals surface area contributed by atoms with Gasteiger partial charge in [0.15, 0.2) is 0 Å². The number of halogens is 1. The van der Waals surface area contributed by atoms with Gasteiger partial charge in [0.2, 0.25) is 0 Å². The van der Waals surface area contributed by atoms with Gasteiger partial charge < -0.3 is 15.3 Å². The zero-order chi connectivity index (χ0) is 16.3. The maximum absolute atomic E-state index is 12.4. The van der Waals surface area contributed by atoms with E-state index in [1.807, 2.05) is 30.9 Å². The van der Waals surface area contributed by atoms with Gasteiger partial charge in [0, 0.05) is 42.9 Å². The van der Waals surface area contributed by atoms with Crippen molar-refractivity contribution >= 4 is 23.3 Å². The lowest BCUT2D eigenvalue weighted by atomic mass is 10.2. The summed E-state index contributed by atoms with van der Waals surface area (Å²) in [5.41, 5.74) is 1.69. The highest BCUT2D eigenvalue weighted by Gasteiger charge is 2.27. The Bertz CT molecular complexity index is 536. The lowest BCUT2D eigenvalue weighted by Gasteiger charge is -2.40. The number of aliphatic hydroxyl groups excluding tert-OH is 1. The molecule has 2 amide bonds. The number of nitrogens with zero attached hydrogens (tertiary/aromatic N) is 2. The number of piperazine rings is 1. The van der Waals surface area contributed by atoms with E-state index in [9.17, 15) is 9.90 Å². The zero-order valence-corrected chi connectivity index (χ0v) is 14.1. The number of hydrogen-bond donors (Lipinski definition) is 2. The van der Waals surface area contributed by atoms with Gasteiger partial charge in [0.1, 0.15) is 0 Å². The van der Waals surface area contributed by atoms with Gasteiger partial charge in [-0.25, -0.2) is 4.79 Å². The van der Waals surface area contributed by atoms with Crippen molar-refractivity contribution in [2.24, 2.45) is 0 Å². The van der Waals surface area contributed by atoms with Gasteiger partial charge in [-0.2, -0.15) is 0 Å². The molecule has 2 rings (SSSR count). The monoisotopic (exact) mass is 325 g/mol. The molecule has 1 heterocycles. The number of nitrogens with one attached hydrogen (secondary N) is 1. The van der Waals surface area contributed by atoms with Crippen molar-refractivity contribution in [3.8, 4) is 0 Å². The molecule has 0 spiro atoms. The van der Waals surface area contributed by atoms with Gasteiger partial charge in [-0.15, -0.1) is 0 Å². The van der Waals surface area contributed by atoms with Crippen LogP contribution in [0.25, 0.3) is 0 Å². The van der Waals surface area contributed by atoms with E-state index in [2.05, 4.69) is 10.2 Å². The third-order valence-electron chi connectivity index (χ3n) is 3.92. The smallest absolute Gasteiger partial charge is 0.322 e. The predicted molar refractivity (Wildman–Crippen MR) is 89.5 cm³/mol. The molecule has 0 bridgehead atoms. The van der Waals surface area contributed by atoms with Crippen molar-refractivity contribution in [2.75, 3.05) is 31.5 Å². The van der Waals surface area contributed by atoms with E-state index in [1.54, 1.807) is 13.0 Å². The molecule has 1 saturated heterocycles. The molecule has 0 saturated carbocycles. The minimum absolute atomic E-state index is 0.105. The molecule has 1 aromatic rings. The van der Waals surface area contributed by atoms with Crippen LogP contribution >= 0.6 is 11.6 Å². The van der Waals surface area contributed by atoms with Crippen molar-refractivity contribution in [1.82, 2.24) is 9.80 Å². The Morgan fingerprint density at radius 2 is 2.23 bits per heavy atom. The van der Waals surface area contributed by atoms with Crippen LogP contribution in [0, 0.1) is 6.92 Å². The van der Waals surface area contributed by atoms with Crippen LogP contribution in [0.4, 0.5) is 10.5 Å². The topological polar surface area (TPSA) is 55.8 Å². The Balaban J connectivity index is 1.94. The normalized spacial score (nSPS) is 20.8. The summed E-state index contributed by atoms with van der Waals surface area (Å²) in [5, 5.41) is 13.0. The molecule has 122 valence electrons. The highest BCUT2D eigenvalue weighted by Crippen LogP contribution is 2.21. The first kappa shape index (κ1) is 17.1. The summed E-state index contributed by atoms with van der Waals surface area (Å²) in [7, 11) is 0. The average molecular weight is 326 g/mol. The van der Waals surface area contributed by atoms with Crippen LogP contribution in [0.1, 0.15) is 19.4 Å². The highest BCUT2D eigenvalue weighted by molar-refractivity contribution is 6.31. The SMILES string of the molecule is Cc1ccc(NC(=O)N2CCN(C[C@@H](C)O)C[C@H]2C)cc1Cl. The number of β-amino-alcohol motifs (C(OH)–C–C–N with tert-alkyl or cyclic N) is 1. The molecule has 0 unspecified atom stereocenters. The van der Waals surface area contributed by atoms with Crippen molar-refractivity contribution in [3.05, 3.63) is 28.8 Å². The van der Waals surface area contributed by atoms with Gasteiger partial charge in [-0.3, -0.25) is 4.90 Å². The first-order valence-electron chi connectivity index (χ1n) is 7.61. The summed E-state index contributed by atoms with van der Waals surface area (Å²) in [6.07, 6.45) is -0.345. The summed E-state index contributed by atoms with van der Waals surface area (Å²) in [5.74, 6) is 0. The van der Waals surface area contributed by atoms with Crippen molar-refractivity contribution in [3.63, 3.8) is 0 Å². The molecular formula is C16H24ClN3O2. The molecule has 5 nitrogen and oxygen atoms in total. The molecule has 2 atom stereocenters. The Morgan fingerprint density at radius 1 is 1.50 bits per heavy atom. The van der Waals surface area contributed by atoms with Crippen molar-refractivity contribution < 1.29 is 9.90 Å². The standard InChI is InChI=1S/C16H24ClN3O2/c1-11-4-5-14(8-15(11)17)18-16(22)20-7-6-19(9-12(20)2)10-13(3)21/h4-5,8,12-13,21H,6-7,9-10H2,1-3H3,(H,18,22)/t12-,13-/m1/s1. The molecule has 0 aromatic heterocycles. The molecule has 1 aliphatic rings. The number of anilines is 1. The Kier molecular flexibility index (Phi) is 5.67. The maximum Gasteiger partial charge on any atom is 0.322 e. The molecule has 1 fully saturated rings. The number of hydrogen-bond acceptors (Lipinski definition) is 3. The number of carbonyl (C=O) groups excluding carboxylic acids is 1. The molecule has 2 N–H and O–H groups in total. The Hall–Kier alpha value is -1.30. The van der Waals surface area contributed by atoms with Gasteiger partial charge in [0.05, 0.1) is 6.10 Å². The highest BCUT2D eigenvalue weighted by atomic mass is 35.5. The van der Waals surface area contributed by atoms with Crippen LogP contribution in [0.3, 0.4) is 0 Å². The third-order valence-corrected chi connectivity index (χ3v) is 4.33. The summed E-state index contributed by atoms with van der Waals surface area (Å²) < 4.78 is 0. The van der Waals surface area contributed by atoms with Crippen LogP contribution < -0.4 is 5.32 Å². The number of aliphatic hydroxyl groups is 1. The molecule has 0 aliphatic carbocycles. The number of aryl methyl sites for hydroxylation is 1. The van der Waals surface area contributed by atoms with Crippen LogP contribution in [0.15, 0.2) is 18.2 Å². The molecule has 0 radical (unpaired) electrons. The van der Waals surface area contributed by atoms with Gasteiger partial charge >= 0.3 is 6.03 Å². The first-order valence-corrected chi connectivity index (χ1v) is 7.99. The first-order chi connectivity index (χ1) is 10.4.